The smallest absolute Gasteiger partial charge is 0.231 e. The summed E-state index contributed by atoms with van der Waals surface area (Å²) in [6, 6.07) is 6.08. The van der Waals surface area contributed by atoms with Gasteiger partial charge >= 0.3 is 0 Å². The first-order valence-corrected chi connectivity index (χ1v) is 7.27. The van der Waals surface area contributed by atoms with E-state index in [-0.39, 0.29) is 17.3 Å². The summed E-state index contributed by atoms with van der Waals surface area (Å²) in [7, 11) is -3.46. The largest absolute Gasteiger partial charge is 0.334 e. The number of nitrogens with zero attached hydrogens (tertiary/aromatic N) is 2. The summed E-state index contributed by atoms with van der Waals surface area (Å²) >= 11 is 0. The molecule has 0 fully saturated rings. The van der Waals surface area contributed by atoms with Gasteiger partial charge in [-0.1, -0.05) is 6.07 Å². The SMILES string of the molecule is CS(=O)(=O)Nc1ccc(Nc2c(F)cccc2F)nn1. The lowest BCUT2D eigenvalue weighted by Gasteiger charge is -2.08. The molecule has 0 bridgehead atoms. The maximum absolute atomic E-state index is 13.4. The number of para-hydroxylation sites is 1. The Morgan fingerprint density at radius 2 is 1.55 bits per heavy atom. The fourth-order valence-electron chi connectivity index (χ4n) is 1.39. The summed E-state index contributed by atoms with van der Waals surface area (Å²) in [6.45, 7) is 0. The minimum Gasteiger partial charge on any atom is -0.334 e. The number of hydrogen-bond donors (Lipinski definition) is 2. The number of benzene rings is 1. The molecule has 0 aliphatic heterocycles. The molecule has 0 aliphatic carbocycles. The quantitative estimate of drug-likeness (QED) is 0.900. The Labute approximate surface area is 113 Å². The Kier molecular flexibility index (Phi) is 3.79. The summed E-state index contributed by atoms with van der Waals surface area (Å²) in [4.78, 5) is 0. The molecule has 20 heavy (non-hydrogen) atoms. The first kappa shape index (κ1) is 14.1. The van der Waals surface area contributed by atoms with Crippen LogP contribution < -0.4 is 10.0 Å². The molecule has 0 saturated carbocycles. The average Bonchev–Trinajstić information content (AvgIpc) is 2.34. The highest BCUT2D eigenvalue weighted by atomic mass is 32.2. The summed E-state index contributed by atoms with van der Waals surface area (Å²) in [5, 5.41) is 9.62. The van der Waals surface area contributed by atoms with Crippen LogP contribution in [-0.4, -0.2) is 24.9 Å². The second kappa shape index (κ2) is 5.37. The van der Waals surface area contributed by atoms with Gasteiger partial charge in [0.15, 0.2) is 11.6 Å². The highest BCUT2D eigenvalue weighted by molar-refractivity contribution is 7.92. The second-order valence-corrected chi connectivity index (χ2v) is 5.65. The highest BCUT2D eigenvalue weighted by Gasteiger charge is 2.10. The van der Waals surface area contributed by atoms with Crippen molar-refractivity contribution in [1.29, 1.82) is 0 Å². The van der Waals surface area contributed by atoms with Crippen LogP contribution >= 0.6 is 0 Å². The molecule has 2 rings (SSSR count). The molecule has 1 aromatic heterocycles. The monoisotopic (exact) mass is 300 g/mol. The molecule has 106 valence electrons. The predicted octanol–water partition coefficient (Wildman–Crippen LogP) is 1.87. The zero-order valence-corrected chi connectivity index (χ0v) is 11.1. The molecule has 0 atom stereocenters. The van der Waals surface area contributed by atoms with E-state index in [1.54, 1.807) is 0 Å². The van der Waals surface area contributed by atoms with Gasteiger partial charge in [0.2, 0.25) is 10.0 Å². The lowest BCUT2D eigenvalue weighted by atomic mass is 10.3. The van der Waals surface area contributed by atoms with Gasteiger partial charge in [-0.3, -0.25) is 4.72 Å². The van der Waals surface area contributed by atoms with Gasteiger partial charge in [-0.2, -0.15) is 0 Å². The third-order valence-electron chi connectivity index (χ3n) is 2.17. The Hall–Kier alpha value is -2.29. The molecule has 0 aliphatic rings. The zero-order chi connectivity index (χ0) is 14.8. The van der Waals surface area contributed by atoms with Gasteiger partial charge in [0.05, 0.1) is 6.26 Å². The molecule has 1 heterocycles. The van der Waals surface area contributed by atoms with Crippen molar-refractivity contribution < 1.29 is 17.2 Å². The van der Waals surface area contributed by atoms with Crippen molar-refractivity contribution in [2.75, 3.05) is 16.3 Å². The van der Waals surface area contributed by atoms with Gasteiger partial charge in [-0.15, -0.1) is 10.2 Å². The standard InChI is InChI=1S/C11H10F2N4O2S/c1-20(18,19)17-10-6-5-9(15-16-10)14-11-7(12)3-2-4-8(11)13/h2-6H,1H3,(H,14,15)(H,16,17). The summed E-state index contributed by atoms with van der Waals surface area (Å²) in [5.41, 5.74) is -0.356. The van der Waals surface area contributed by atoms with Crippen molar-refractivity contribution in [3.63, 3.8) is 0 Å². The van der Waals surface area contributed by atoms with Gasteiger partial charge in [0.1, 0.15) is 17.3 Å². The van der Waals surface area contributed by atoms with E-state index in [0.717, 1.165) is 18.4 Å². The fraction of sp³-hybridized carbons (Fsp3) is 0.0909. The van der Waals surface area contributed by atoms with Crippen molar-refractivity contribution in [2.24, 2.45) is 0 Å². The van der Waals surface area contributed by atoms with Crippen molar-refractivity contribution in [3.05, 3.63) is 42.0 Å². The van der Waals surface area contributed by atoms with Crippen molar-refractivity contribution >= 4 is 27.3 Å². The topological polar surface area (TPSA) is 84.0 Å². The average molecular weight is 300 g/mol. The van der Waals surface area contributed by atoms with Crippen LogP contribution in [0.1, 0.15) is 0 Å². The van der Waals surface area contributed by atoms with Crippen LogP contribution in [0.2, 0.25) is 0 Å². The van der Waals surface area contributed by atoms with Gasteiger partial charge in [0, 0.05) is 0 Å². The van der Waals surface area contributed by atoms with Crippen LogP contribution in [0.15, 0.2) is 30.3 Å². The molecule has 0 unspecified atom stereocenters. The fourth-order valence-corrected chi connectivity index (χ4v) is 1.88. The number of hydrogen-bond acceptors (Lipinski definition) is 5. The molecule has 0 radical (unpaired) electrons. The Bertz CT molecular complexity index is 699. The number of anilines is 3. The minimum absolute atomic E-state index is 0.00653. The van der Waals surface area contributed by atoms with E-state index in [0.29, 0.717) is 0 Å². The number of aromatic nitrogens is 2. The molecule has 2 aromatic rings. The number of sulfonamides is 1. The number of halogens is 2. The Morgan fingerprint density at radius 1 is 1.00 bits per heavy atom. The maximum Gasteiger partial charge on any atom is 0.231 e. The van der Waals surface area contributed by atoms with Gasteiger partial charge in [-0.05, 0) is 24.3 Å². The van der Waals surface area contributed by atoms with E-state index in [4.69, 9.17) is 0 Å². The van der Waals surface area contributed by atoms with E-state index in [9.17, 15) is 17.2 Å². The van der Waals surface area contributed by atoms with E-state index in [2.05, 4.69) is 20.2 Å². The molecule has 9 heteroatoms. The molecule has 6 nitrogen and oxygen atoms in total. The summed E-state index contributed by atoms with van der Waals surface area (Å²) < 4.78 is 50.9. The van der Waals surface area contributed by atoms with Crippen molar-refractivity contribution in [1.82, 2.24) is 10.2 Å². The Balaban J connectivity index is 2.19. The van der Waals surface area contributed by atoms with E-state index < -0.39 is 21.7 Å². The van der Waals surface area contributed by atoms with Crippen molar-refractivity contribution in [2.45, 2.75) is 0 Å². The summed E-state index contributed by atoms with van der Waals surface area (Å²) in [5.74, 6) is -1.46. The van der Waals surface area contributed by atoms with Gasteiger partial charge in [-0.25, -0.2) is 17.2 Å². The lowest BCUT2D eigenvalue weighted by molar-refractivity contribution is 0.590. The first-order chi connectivity index (χ1) is 9.35. The summed E-state index contributed by atoms with van der Waals surface area (Å²) in [6.07, 6.45) is 0.968. The molecular formula is C11H10F2N4O2S. The van der Waals surface area contributed by atoms with Gasteiger partial charge < -0.3 is 5.32 Å². The van der Waals surface area contributed by atoms with Crippen LogP contribution in [0.5, 0.6) is 0 Å². The Morgan fingerprint density at radius 3 is 2.05 bits per heavy atom. The highest BCUT2D eigenvalue weighted by Crippen LogP contribution is 2.21. The van der Waals surface area contributed by atoms with Crippen LogP contribution in [-0.2, 0) is 10.0 Å². The van der Waals surface area contributed by atoms with Crippen LogP contribution in [0.3, 0.4) is 0 Å². The van der Waals surface area contributed by atoms with E-state index >= 15 is 0 Å². The molecule has 2 N–H and O–H groups in total. The normalized spacial score (nSPS) is 11.2. The number of nitrogens with one attached hydrogen (secondary N) is 2. The first-order valence-electron chi connectivity index (χ1n) is 5.38. The second-order valence-electron chi connectivity index (χ2n) is 3.90. The molecule has 0 spiro atoms. The molecule has 1 aromatic carbocycles. The van der Waals surface area contributed by atoms with E-state index in [1.807, 2.05) is 0 Å². The molecule has 0 amide bonds. The third-order valence-corrected chi connectivity index (χ3v) is 2.75. The van der Waals surface area contributed by atoms with Crippen LogP contribution in [0.4, 0.5) is 26.1 Å². The predicted molar refractivity (Wildman–Crippen MR) is 70.1 cm³/mol. The maximum atomic E-state index is 13.4. The minimum atomic E-state index is -3.46. The van der Waals surface area contributed by atoms with Gasteiger partial charge in [0.25, 0.3) is 0 Å². The molecule has 0 saturated heterocycles. The van der Waals surface area contributed by atoms with Crippen LogP contribution in [0.25, 0.3) is 0 Å². The van der Waals surface area contributed by atoms with Crippen molar-refractivity contribution in [3.8, 4) is 0 Å². The third kappa shape index (κ3) is 3.60. The molecular weight excluding hydrogens is 290 g/mol. The number of rotatable bonds is 4. The van der Waals surface area contributed by atoms with Crippen LogP contribution in [0, 0.1) is 11.6 Å². The van der Waals surface area contributed by atoms with E-state index in [1.165, 1.54) is 18.2 Å². The zero-order valence-electron chi connectivity index (χ0n) is 10.3. The lowest BCUT2D eigenvalue weighted by Crippen LogP contribution is -2.11.